The molecule has 0 aromatic rings. The summed E-state index contributed by atoms with van der Waals surface area (Å²) >= 11 is 0. The summed E-state index contributed by atoms with van der Waals surface area (Å²) in [5.41, 5.74) is 6.78. The standard InChI is InChI=1S/C21H37NO2/c1-4-12-5-6-14-17-15(8-10-20(12,14)2)21(3)9-7-13(22)11-16(21)18(23)19(17)24/h12-19,23-24H,4-11,22H2,1-3H3/t12-,13-,14?,15?,16?,17?,18+,19?,20+,21+/m0/s1. The molecule has 0 saturated heterocycles. The highest BCUT2D eigenvalue weighted by molar-refractivity contribution is 5.13. The van der Waals surface area contributed by atoms with Gasteiger partial charge in [0.2, 0.25) is 0 Å². The van der Waals surface area contributed by atoms with Crippen LogP contribution < -0.4 is 5.73 Å². The van der Waals surface area contributed by atoms with Gasteiger partial charge >= 0.3 is 0 Å². The predicted octanol–water partition coefficient (Wildman–Crippen LogP) is 3.32. The molecule has 5 unspecified atom stereocenters. The molecule has 4 saturated carbocycles. The highest BCUT2D eigenvalue weighted by atomic mass is 16.3. The summed E-state index contributed by atoms with van der Waals surface area (Å²) in [6, 6.07) is 0.200. The van der Waals surface area contributed by atoms with Crippen molar-refractivity contribution in [2.45, 2.75) is 90.4 Å². The second-order valence-corrected chi connectivity index (χ2v) is 10.1. The van der Waals surface area contributed by atoms with Gasteiger partial charge in [0.15, 0.2) is 0 Å². The maximum atomic E-state index is 11.1. The Morgan fingerprint density at radius 3 is 2.25 bits per heavy atom. The Hall–Kier alpha value is -0.120. The van der Waals surface area contributed by atoms with Crippen molar-refractivity contribution >= 4 is 0 Å². The number of fused-ring (bicyclic) bond motifs is 5. The fraction of sp³-hybridized carbons (Fsp3) is 1.00. The van der Waals surface area contributed by atoms with Crippen LogP contribution >= 0.6 is 0 Å². The van der Waals surface area contributed by atoms with Gasteiger partial charge in [-0.2, -0.15) is 0 Å². The van der Waals surface area contributed by atoms with Gasteiger partial charge < -0.3 is 15.9 Å². The molecule has 4 aliphatic rings. The first-order valence-corrected chi connectivity index (χ1v) is 10.4. The Kier molecular flexibility index (Phi) is 4.10. The molecule has 3 nitrogen and oxygen atoms in total. The second kappa shape index (κ2) is 5.69. The number of hydrogen-bond donors (Lipinski definition) is 3. The summed E-state index contributed by atoms with van der Waals surface area (Å²) in [7, 11) is 0. The number of nitrogens with two attached hydrogens (primary N) is 1. The van der Waals surface area contributed by atoms with E-state index in [9.17, 15) is 10.2 Å². The largest absolute Gasteiger partial charge is 0.390 e. The van der Waals surface area contributed by atoms with Crippen LogP contribution in [0, 0.1) is 40.4 Å². The maximum Gasteiger partial charge on any atom is 0.0836 e. The lowest BCUT2D eigenvalue weighted by Crippen LogP contribution is -2.64. The van der Waals surface area contributed by atoms with Crippen LogP contribution in [0.15, 0.2) is 0 Å². The van der Waals surface area contributed by atoms with Crippen LogP contribution in [-0.2, 0) is 0 Å². The summed E-state index contributed by atoms with van der Waals surface area (Å²) in [5, 5.41) is 22.2. The third kappa shape index (κ3) is 2.13. The van der Waals surface area contributed by atoms with Gasteiger partial charge in [0.1, 0.15) is 0 Å². The SMILES string of the molecule is CC[C@H]1CCC2C3C(O)[C@H](O)C4C[C@@H](N)CC[C@]4(C)C3CC[C@@]21C. The van der Waals surface area contributed by atoms with E-state index in [1.165, 1.54) is 32.1 Å². The average Bonchev–Trinajstić information content (AvgIpc) is 2.90. The minimum Gasteiger partial charge on any atom is -0.390 e. The van der Waals surface area contributed by atoms with Crippen LogP contribution in [0.3, 0.4) is 0 Å². The van der Waals surface area contributed by atoms with Crippen LogP contribution in [0.25, 0.3) is 0 Å². The van der Waals surface area contributed by atoms with Crippen molar-refractivity contribution in [1.29, 1.82) is 0 Å². The first-order valence-electron chi connectivity index (χ1n) is 10.4. The first-order chi connectivity index (χ1) is 11.3. The molecule has 0 aliphatic heterocycles. The molecule has 4 rings (SSSR count). The molecule has 0 radical (unpaired) electrons. The molecule has 0 spiro atoms. The zero-order valence-electron chi connectivity index (χ0n) is 15.7. The minimum atomic E-state index is -0.578. The Morgan fingerprint density at radius 1 is 0.875 bits per heavy atom. The molecule has 24 heavy (non-hydrogen) atoms. The molecular weight excluding hydrogens is 298 g/mol. The Bertz CT molecular complexity index is 496. The molecule has 138 valence electrons. The maximum absolute atomic E-state index is 11.1. The van der Waals surface area contributed by atoms with Gasteiger partial charge in [-0.1, -0.05) is 27.2 Å². The number of rotatable bonds is 1. The van der Waals surface area contributed by atoms with Gasteiger partial charge in [-0.25, -0.2) is 0 Å². The summed E-state index contributed by atoms with van der Waals surface area (Å²) in [5.74, 6) is 2.45. The molecule has 4 aliphatic carbocycles. The van der Waals surface area contributed by atoms with Crippen LogP contribution in [0.4, 0.5) is 0 Å². The lowest BCUT2D eigenvalue weighted by Gasteiger charge is -2.63. The molecule has 0 bridgehead atoms. The van der Waals surface area contributed by atoms with E-state index in [0.717, 1.165) is 25.2 Å². The fourth-order valence-corrected chi connectivity index (χ4v) is 8.07. The van der Waals surface area contributed by atoms with Crippen LogP contribution in [0.2, 0.25) is 0 Å². The van der Waals surface area contributed by atoms with Crippen molar-refractivity contribution < 1.29 is 10.2 Å². The fourth-order valence-electron chi connectivity index (χ4n) is 8.07. The van der Waals surface area contributed by atoms with E-state index in [2.05, 4.69) is 20.8 Å². The summed E-state index contributed by atoms with van der Waals surface area (Å²) in [4.78, 5) is 0. The zero-order chi connectivity index (χ0) is 17.3. The molecule has 3 heteroatoms. The van der Waals surface area contributed by atoms with Gasteiger partial charge in [-0.05, 0) is 85.4 Å². The van der Waals surface area contributed by atoms with Gasteiger partial charge in [0.25, 0.3) is 0 Å². The van der Waals surface area contributed by atoms with Crippen molar-refractivity contribution in [2.75, 3.05) is 0 Å². The van der Waals surface area contributed by atoms with Crippen molar-refractivity contribution in [2.24, 2.45) is 46.2 Å². The average molecular weight is 336 g/mol. The van der Waals surface area contributed by atoms with Gasteiger partial charge in [0, 0.05) is 6.04 Å². The van der Waals surface area contributed by atoms with Crippen LogP contribution in [0.1, 0.15) is 72.1 Å². The third-order valence-corrected chi connectivity index (χ3v) is 9.48. The van der Waals surface area contributed by atoms with E-state index in [1.807, 2.05) is 0 Å². The summed E-state index contributed by atoms with van der Waals surface area (Å²) < 4.78 is 0. The molecule has 0 heterocycles. The number of hydrogen-bond acceptors (Lipinski definition) is 3. The molecule has 0 aromatic heterocycles. The van der Waals surface area contributed by atoms with E-state index < -0.39 is 12.2 Å². The van der Waals surface area contributed by atoms with Gasteiger partial charge in [-0.3, -0.25) is 0 Å². The van der Waals surface area contributed by atoms with E-state index >= 15 is 0 Å². The monoisotopic (exact) mass is 335 g/mol. The van der Waals surface area contributed by atoms with Crippen molar-refractivity contribution in [3.05, 3.63) is 0 Å². The molecule has 0 amide bonds. The smallest absolute Gasteiger partial charge is 0.0836 e. The predicted molar refractivity (Wildman–Crippen MR) is 96.3 cm³/mol. The van der Waals surface area contributed by atoms with E-state index in [0.29, 0.717) is 23.2 Å². The van der Waals surface area contributed by atoms with Crippen molar-refractivity contribution in [3.8, 4) is 0 Å². The van der Waals surface area contributed by atoms with Gasteiger partial charge in [-0.15, -0.1) is 0 Å². The minimum absolute atomic E-state index is 0.171. The first kappa shape index (κ1) is 17.3. The molecule has 10 atom stereocenters. The van der Waals surface area contributed by atoms with Crippen LogP contribution in [-0.4, -0.2) is 28.5 Å². The summed E-state index contributed by atoms with van der Waals surface area (Å²) in [6.45, 7) is 7.22. The quantitative estimate of drug-likeness (QED) is 0.688. The Labute approximate surface area is 147 Å². The number of aliphatic hydroxyl groups excluding tert-OH is 2. The molecule has 4 fully saturated rings. The lowest BCUT2D eigenvalue weighted by atomic mass is 9.43. The topological polar surface area (TPSA) is 66.5 Å². The molecule has 4 N–H and O–H groups in total. The van der Waals surface area contributed by atoms with Crippen molar-refractivity contribution in [3.63, 3.8) is 0 Å². The zero-order valence-corrected chi connectivity index (χ0v) is 15.7. The second-order valence-electron chi connectivity index (χ2n) is 10.1. The van der Waals surface area contributed by atoms with E-state index in [1.54, 1.807) is 0 Å². The number of aliphatic hydroxyl groups is 2. The van der Waals surface area contributed by atoms with Crippen LogP contribution in [0.5, 0.6) is 0 Å². The Balaban J connectivity index is 1.70. The third-order valence-electron chi connectivity index (χ3n) is 9.48. The molecular formula is C21H37NO2. The van der Waals surface area contributed by atoms with E-state index in [-0.39, 0.29) is 17.4 Å². The normalized spacial score (nSPS) is 60.2. The molecule has 0 aromatic carbocycles. The Morgan fingerprint density at radius 2 is 1.54 bits per heavy atom. The highest BCUT2D eigenvalue weighted by Gasteiger charge is 2.64. The van der Waals surface area contributed by atoms with E-state index in [4.69, 9.17) is 5.73 Å². The highest BCUT2D eigenvalue weighted by Crippen LogP contribution is 2.67. The van der Waals surface area contributed by atoms with Gasteiger partial charge in [0.05, 0.1) is 12.2 Å². The van der Waals surface area contributed by atoms with Crippen molar-refractivity contribution in [1.82, 2.24) is 0 Å². The lowest BCUT2D eigenvalue weighted by molar-refractivity contribution is -0.215. The summed E-state index contributed by atoms with van der Waals surface area (Å²) in [6.07, 6.45) is 8.35.